The molecule has 1 fully saturated rings. The van der Waals surface area contributed by atoms with E-state index in [4.69, 9.17) is 9.84 Å². The lowest BCUT2D eigenvalue weighted by Gasteiger charge is -2.31. The van der Waals surface area contributed by atoms with E-state index in [0.717, 1.165) is 6.54 Å². The van der Waals surface area contributed by atoms with Crippen molar-refractivity contribution in [1.29, 1.82) is 0 Å². The molecule has 1 aromatic rings. The molecule has 1 aromatic heterocycles. The summed E-state index contributed by atoms with van der Waals surface area (Å²) in [5.74, 6) is -0.537. The molecule has 0 amide bonds. The van der Waals surface area contributed by atoms with Gasteiger partial charge in [-0.25, -0.2) is 14.8 Å². The molecule has 0 spiro atoms. The molecule has 2 heterocycles. The molecular formula is C10H13N3O3. The number of hydrogen-bond acceptors (Lipinski definition) is 5. The number of hydrogen-bond donors (Lipinski definition) is 1. The molecule has 6 heteroatoms. The Morgan fingerprint density at radius 1 is 1.69 bits per heavy atom. The number of carboxylic acid groups (broad SMARTS) is 1. The zero-order valence-corrected chi connectivity index (χ0v) is 8.96. The van der Waals surface area contributed by atoms with Crippen LogP contribution in [-0.4, -0.2) is 52.7 Å². The topological polar surface area (TPSA) is 75.5 Å². The Hall–Kier alpha value is -1.53. The van der Waals surface area contributed by atoms with E-state index in [2.05, 4.69) is 14.9 Å². The average molecular weight is 223 g/mol. The Morgan fingerprint density at radius 3 is 3.19 bits per heavy atom. The van der Waals surface area contributed by atoms with E-state index >= 15 is 0 Å². The summed E-state index contributed by atoms with van der Waals surface area (Å²) in [5, 5.41) is 8.84. The number of aromatic nitrogens is 2. The van der Waals surface area contributed by atoms with Gasteiger partial charge in [-0.15, -0.1) is 0 Å². The number of aromatic carboxylic acids is 1. The standard InChI is InChI=1S/C10H13N3O3/c1-13-4-5-16-6-8(13)9-11-3-2-7(12-9)10(14)15/h2-3,8H,4-6H2,1H3,(H,14,15). The first-order valence-electron chi connectivity index (χ1n) is 5.02. The van der Waals surface area contributed by atoms with Crippen molar-refractivity contribution in [2.45, 2.75) is 6.04 Å². The van der Waals surface area contributed by atoms with Crippen molar-refractivity contribution in [3.05, 3.63) is 23.8 Å². The van der Waals surface area contributed by atoms with Gasteiger partial charge in [0.2, 0.25) is 0 Å². The first-order valence-corrected chi connectivity index (χ1v) is 5.02. The van der Waals surface area contributed by atoms with Gasteiger partial charge in [0.1, 0.15) is 5.82 Å². The average Bonchev–Trinajstić information content (AvgIpc) is 2.30. The van der Waals surface area contributed by atoms with Crippen molar-refractivity contribution >= 4 is 5.97 Å². The molecule has 0 radical (unpaired) electrons. The van der Waals surface area contributed by atoms with Crippen molar-refractivity contribution in [3.8, 4) is 0 Å². The summed E-state index contributed by atoms with van der Waals surface area (Å²) in [6, 6.07) is 1.32. The maximum atomic E-state index is 10.8. The van der Waals surface area contributed by atoms with Crippen LogP contribution in [-0.2, 0) is 4.74 Å². The molecule has 0 aromatic carbocycles. The highest BCUT2D eigenvalue weighted by molar-refractivity contribution is 5.85. The van der Waals surface area contributed by atoms with Gasteiger partial charge in [-0.3, -0.25) is 4.90 Å². The van der Waals surface area contributed by atoms with E-state index in [1.165, 1.54) is 12.3 Å². The number of ether oxygens (including phenoxy) is 1. The van der Waals surface area contributed by atoms with Crippen molar-refractivity contribution < 1.29 is 14.6 Å². The van der Waals surface area contributed by atoms with Gasteiger partial charge in [-0.1, -0.05) is 0 Å². The molecule has 1 aliphatic rings. The Kier molecular flexibility index (Phi) is 3.12. The summed E-state index contributed by atoms with van der Waals surface area (Å²) < 4.78 is 5.34. The number of nitrogens with zero attached hydrogens (tertiary/aromatic N) is 3. The highest BCUT2D eigenvalue weighted by Crippen LogP contribution is 2.18. The smallest absolute Gasteiger partial charge is 0.354 e. The van der Waals surface area contributed by atoms with Gasteiger partial charge >= 0.3 is 5.97 Å². The molecule has 1 N–H and O–H groups in total. The van der Waals surface area contributed by atoms with Crippen LogP contribution in [0.15, 0.2) is 12.3 Å². The van der Waals surface area contributed by atoms with Crippen molar-refractivity contribution in [2.75, 3.05) is 26.8 Å². The quantitative estimate of drug-likeness (QED) is 0.770. The molecule has 2 rings (SSSR count). The molecule has 0 saturated carbocycles. The molecular weight excluding hydrogens is 210 g/mol. The predicted molar refractivity (Wildman–Crippen MR) is 55.2 cm³/mol. The molecule has 86 valence electrons. The maximum Gasteiger partial charge on any atom is 0.354 e. The predicted octanol–water partition coefficient (Wildman–Crippen LogP) is 0.178. The van der Waals surface area contributed by atoms with Crippen LogP contribution in [0.2, 0.25) is 0 Å². The zero-order valence-electron chi connectivity index (χ0n) is 8.96. The highest BCUT2D eigenvalue weighted by atomic mass is 16.5. The zero-order chi connectivity index (χ0) is 11.5. The Balaban J connectivity index is 2.25. The van der Waals surface area contributed by atoms with Crippen molar-refractivity contribution in [2.24, 2.45) is 0 Å². The summed E-state index contributed by atoms with van der Waals surface area (Å²) in [5.41, 5.74) is 0.0176. The summed E-state index contributed by atoms with van der Waals surface area (Å²) in [6.45, 7) is 1.98. The SMILES string of the molecule is CN1CCOCC1c1nccc(C(=O)O)n1. The van der Waals surface area contributed by atoms with E-state index in [9.17, 15) is 4.79 Å². The number of carboxylic acids is 1. The monoisotopic (exact) mass is 223 g/mol. The van der Waals surface area contributed by atoms with E-state index in [-0.39, 0.29) is 11.7 Å². The van der Waals surface area contributed by atoms with Crippen LogP contribution in [0.3, 0.4) is 0 Å². The Morgan fingerprint density at radius 2 is 2.50 bits per heavy atom. The summed E-state index contributed by atoms with van der Waals surface area (Å²) in [6.07, 6.45) is 1.47. The van der Waals surface area contributed by atoms with Crippen LogP contribution in [0.25, 0.3) is 0 Å². The van der Waals surface area contributed by atoms with Crippen LogP contribution in [0, 0.1) is 0 Å². The lowest BCUT2D eigenvalue weighted by molar-refractivity contribution is 0.00168. The molecule has 6 nitrogen and oxygen atoms in total. The fourth-order valence-electron chi connectivity index (χ4n) is 1.61. The lowest BCUT2D eigenvalue weighted by atomic mass is 10.2. The number of morpholine rings is 1. The molecule has 0 aliphatic carbocycles. The van der Waals surface area contributed by atoms with Gasteiger partial charge in [0.25, 0.3) is 0 Å². The molecule has 1 unspecified atom stereocenters. The largest absolute Gasteiger partial charge is 0.477 e. The van der Waals surface area contributed by atoms with Crippen LogP contribution < -0.4 is 0 Å². The minimum atomic E-state index is -1.04. The van der Waals surface area contributed by atoms with E-state index in [1.807, 2.05) is 7.05 Å². The van der Waals surface area contributed by atoms with E-state index in [0.29, 0.717) is 19.0 Å². The molecule has 16 heavy (non-hydrogen) atoms. The molecule has 1 atom stereocenters. The van der Waals surface area contributed by atoms with Gasteiger partial charge in [0.15, 0.2) is 5.69 Å². The number of carbonyl (C=O) groups is 1. The first-order chi connectivity index (χ1) is 7.68. The normalized spacial score (nSPS) is 21.9. The Bertz CT molecular complexity index is 397. The summed E-state index contributed by atoms with van der Waals surface area (Å²) in [7, 11) is 1.95. The Labute approximate surface area is 92.9 Å². The fourth-order valence-corrected chi connectivity index (χ4v) is 1.61. The minimum Gasteiger partial charge on any atom is -0.477 e. The third-order valence-electron chi connectivity index (χ3n) is 2.59. The second-order valence-electron chi connectivity index (χ2n) is 3.68. The molecule has 0 bridgehead atoms. The second-order valence-corrected chi connectivity index (χ2v) is 3.68. The number of likely N-dealkylation sites (N-methyl/N-ethyl adjacent to an activating group) is 1. The van der Waals surface area contributed by atoms with Crippen LogP contribution >= 0.6 is 0 Å². The van der Waals surface area contributed by atoms with Crippen LogP contribution in [0.4, 0.5) is 0 Å². The number of rotatable bonds is 2. The van der Waals surface area contributed by atoms with Crippen LogP contribution in [0.5, 0.6) is 0 Å². The van der Waals surface area contributed by atoms with E-state index < -0.39 is 5.97 Å². The minimum absolute atomic E-state index is 0.0176. The van der Waals surface area contributed by atoms with Crippen molar-refractivity contribution in [3.63, 3.8) is 0 Å². The maximum absolute atomic E-state index is 10.8. The molecule has 1 saturated heterocycles. The van der Waals surface area contributed by atoms with Gasteiger partial charge in [0.05, 0.1) is 19.3 Å². The van der Waals surface area contributed by atoms with Crippen molar-refractivity contribution in [1.82, 2.24) is 14.9 Å². The third kappa shape index (κ3) is 2.17. The van der Waals surface area contributed by atoms with E-state index in [1.54, 1.807) is 0 Å². The summed E-state index contributed by atoms with van der Waals surface area (Å²) in [4.78, 5) is 21.0. The highest BCUT2D eigenvalue weighted by Gasteiger charge is 2.24. The third-order valence-corrected chi connectivity index (χ3v) is 2.59. The lowest BCUT2D eigenvalue weighted by Crippen LogP contribution is -2.37. The van der Waals surface area contributed by atoms with Gasteiger partial charge < -0.3 is 9.84 Å². The fraction of sp³-hybridized carbons (Fsp3) is 0.500. The second kappa shape index (κ2) is 4.54. The first kappa shape index (κ1) is 11.0. The summed E-state index contributed by atoms with van der Waals surface area (Å²) >= 11 is 0. The van der Waals surface area contributed by atoms with Gasteiger partial charge in [-0.2, -0.15) is 0 Å². The molecule has 1 aliphatic heterocycles. The van der Waals surface area contributed by atoms with Gasteiger partial charge in [-0.05, 0) is 13.1 Å². The van der Waals surface area contributed by atoms with Crippen LogP contribution in [0.1, 0.15) is 22.4 Å². The van der Waals surface area contributed by atoms with Gasteiger partial charge in [0, 0.05) is 12.7 Å².